The van der Waals surface area contributed by atoms with Crippen LogP contribution in [0.4, 0.5) is 5.69 Å². The minimum Gasteiger partial charge on any atom is -0.494 e. The van der Waals surface area contributed by atoms with Crippen LogP contribution in [-0.4, -0.2) is 23.4 Å². The molecule has 0 atom stereocenters. The molecule has 0 fully saturated rings. The molecule has 1 aliphatic heterocycles. The lowest BCUT2D eigenvalue weighted by atomic mass is 10.1. The minimum absolute atomic E-state index is 0.00309. The molecule has 0 aromatic heterocycles. The van der Waals surface area contributed by atoms with Gasteiger partial charge in [-0.15, -0.1) is 0 Å². The van der Waals surface area contributed by atoms with Crippen molar-refractivity contribution >= 4 is 23.6 Å². The van der Waals surface area contributed by atoms with Crippen LogP contribution < -0.4 is 4.74 Å². The van der Waals surface area contributed by atoms with Crippen LogP contribution in [0, 0.1) is 17.0 Å². The number of carbonyl (C=O) groups is 1. The summed E-state index contributed by atoms with van der Waals surface area (Å²) in [5, 5.41) is 10.9. The van der Waals surface area contributed by atoms with Crippen molar-refractivity contribution in [2.24, 2.45) is 4.99 Å². The number of hydrogen-bond donors (Lipinski definition) is 0. The van der Waals surface area contributed by atoms with Gasteiger partial charge in [0.05, 0.1) is 11.5 Å². The van der Waals surface area contributed by atoms with Crippen LogP contribution in [-0.2, 0) is 9.53 Å². The third-order valence-corrected chi connectivity index (χ3v) is 3.90. The van der Waals surface area contributed by atoms with Crippen LogP contribution in [0.15, 0.2) is 53.2 Å². The summed E-state index contributed by atoms with van der Waals surface area (Å²) in [6, 6.07) is 11.8. The van der Waals surface area contributed by atoms with Crippen LogP contribution in [0.5, 0.6) is 5.75 Å². The van der Waals surface area contributed by atoms with E-state index in [2.05, 4.69) is 4.99 Å². The zero-order valence-corrected chi connectivity index (χ0v) is 15.0. The fourth-order valence-corrected chi connectivity index (χ4v) is 2.60. The van der Waals surface area contributed by atoms with E-state index in [-0.39, 0.29) is 17.3 Å². The predicted octanol–water partition coefficient (Wildman–Crippen LogP) is 4.04. The molecule has 0 radical (unpaired) electrons. The molecule has 0 saturated carbocycles. The van der Waals surface area contributed by atoms with Gasteiger partial charge in [-0.1, -0.05) is 19.1 Å². The van der Waals surface area contributed by atoms with Crippen molar-refractivity contribution in [1.82, 2.24) is 0 Å². The summed E-state index contributed by atoms with van der Waals surface area (Å²) in [5.74, 6) is 0.274. The van der Waals surface area contributed by atoms with Crippen molar-refractivity contribution in [2.75, 3.05) is 6.61 Å². The van der Waals surface area contributed by atoms with Gasteiger partial charge in [0.15, 0.2) is 5.70 Å². The van der Waals surface area contributed by atoms with Gasteiger partial charge in [-0.2, -0.15) is 0 Å². The largest absolute Gasteiger partial charge is 0.494 e. The number of cyclic esters (lactones) is 1. The molecule has 138 valence electrons. The van der Waals surface area contributed by atoms with Crippen molar-refractivity contribution in [3.05, 3.63) is 75.0 Å². The fraction of sp³-hybridized carbons (Fsp3) is 0.200. The van der Waals surface area contributed by atoms with Crippen LogP contribution >= 0.6 is 0 Å². The second-order valence-corrected chi connectivity index (χ2v) is 6.02. The molecule has 3 rings (SSSR count). The number of carbonyl (C=O) groups excluding carboxylic acids is 1. The molecular formula is C20H18N2O5. The quantitative estimate of drug-likeness (QED) is 0.333. The number of nitrogens with zero attached hydrogens (tertiary/aromatic N) is 2. The standard InChI is InChI=1S/C20H18N2O5/c1-3-9-26-16-6-4-5-14(11-16)12-17-20(23)27-19(21-17)15-7-8-18(22(24)25)13(2)10-15/h4-8,10-12H,3,9H2,1-2H3/b17-12-. The summed E-state index contributed by atoms with van der Waals surface area (Å²) in [6.07, 6.45) is 2.52. The summed E-state index contributed by atoms with van der Waals surface area (Å²) in [6.45, 7) is 4.26. The highest BCUT2D eigenvalue weighted by atomic mass is 16.6. The average molecular weight is 366 g/mol. The Morgan fingerprint density at radius 1 is 1.26 bits per heavy atom. The highest BCUT2D eigenvalue weighted by Gasteiger charge is 2.25. The van der Waals surface area contributed by atoms with Crippen LogP contribution in [0.1, 0.15) is 30.0 Å². The molecule has 2 aromatic carbocycles. The van der Waals surface area contributed by atoms with Gasteiger partial charge < -0.3 is 9.47 Å². The smallest absolute Gasteiger partial charge is 0.363 e. The number of hydrogen-bond acceptors (Lipinski definition) is 6. The normalized spacial score (nSPS) is 14.8. The third-order valence-electron chi connectivity index (χ3n) is 3.90. The Balaban J connectivity index is 1.87. The van der Waals surface area contributed by atoms with Crippen molar-refractivity contribution in [2.45, 2.75) is 20.3 Å². The first-order valence-corrected chi connectivity index (χ1v) is 8.48. The van der Waals surface area contributed by atoms with Gasteiger partial charge in [0.2, 0.25) is 5.90 Å². The Kier molecular flexibility index (Phi) is 5.30. The zero-order valence-electron chi connectivity index (χ0n) is 15.0. The molecule has 0 saturated heterocycles. The number of benzene rings is 2. The number of ether oxygens (including phenoxy) is 2. The van der Waals surface area contributed by atoms with Crippen LogP contribution in [0.25, 0.3) is 6.08 Å². The molecule has 0 bridgehead atoms. The van der Waals surface area contributed by atoms with Gasteiger partial charge in [-0.05, 0) is 49.2 Å². The third kappa shape index (κ3) is 4.20. The number of esters is 1. The Labute approximate surface area is 156 Å². The van der Waals surface area contributed by atoms with Crippen molar-refractivity contribution in [1.29, 1.82) is 0 Å². The number of rotatable bonds is 6. The molecule has 0 amide bonds. The van der Waals surface area contributed by atoms with Gasteiger partial charge in [0, 0.05) is 17.2 Å². The number of aryl methyl sites for hydroxylation is 1. The Morgan fingerprint density at radius 3 is 2.78 bits per heavy atom. The van der Waals surface area contributed by atoms with E-state index in [1.807, 2.05) is 31.2 Å². The summed E-state index contributed by atoms with van der Waals surface area (Å²) < 4.78 is 10.8. The summed E-state index contributed by atoms with van der Waals surface area (Å²) >= 11 is 0. The molecule has 7 nitrogen and oxygen atoms in total. The predicted molar refractivity (Wildman–Crippen MR) is 101 cm³/mol. The van der Waals surface area contributed by atoms with Gasteiger partial charge in [-0.25, -0.2) is 9.79 Å². The first-order chi connectivity index (χ1) is 13.0. The summed E-state index contributed by atoms with van der Waals surface area (Å²) in [4.78, 5) is 26.8. The number of nitro groups is 1. The highest BCUT2D eigenvalue weighted by molar-refractivity contribution is 6.13. The van der Waals surface area contributed by atoms with Gasteiger partial charge >= 0.3 is 5.97 Å². The van der Waals surface area contributed by atoms with Crippen molar-refractivity contribution in [3.8, 4) is 5.75 Å². The maximum absolute atomic E-state index is 12.1. The minimum atomic E-state index is -0.569. The maximum atomic E-state index is 12.1. The van der Waals surface area contributed by atoms with E-state index < -0.39 is 10.9 Å². The molecule has 27 heavy (non-hydrogen) atoms. The van der Waals surface area contributed by atoms with E-state index in [4.69, 9.17) is 9.47 Å². The van der Waals surface area contributed by atoms with Crippen LogP contribution in [0.3, 0.4) is 0 Å². The lowest BCUT2D eigenvalue weighted by molar-refractivity contribution is -0.385. The molecule has 1 aliphatic rings. The maximum Gasteiger partial charge on any atom is 0.363 e. The van der Waals surface area contributed by atoms with E-state index in [1.54, 1.807) is 19.1 Å². The first kappa shape index (κ1) is 18.3. The summed E-state index contributed by atoms with van der Waals surface area (Å²) in [7, 11) is 0. The number of nitro benzene ring substituents is 1. The average Bonchev–Trinajstić information content (AvgIpc) is 3.00. The molecule has 0 unspecified atom stereocenters. The fourth-order valence-electron chi connectivity index (χ4n) is 2.60. The zero-order chi connectivity index (χ0) is 19.4. The second kappa shape index (κ2) is 7.82. The van der Waals surface area contributed by atoms with E-state index >= 15 is 0 Å². The summed E-state index contributed by atoms with van der Waals surface area (Å²) in [5.41, 5.74) is 1.90. The Bertz CT molecular complexity index is 963. The topological polar surface area (TPSA) is 91.0 Å². The monoisotopic (exact) mass is 366 g/mol. The molecule has 7 heteroatoms. The molecular weight excluding hydrogens is 348 g/mol. The first-order valence-electron chi connectivity index (χ1n) is 8.48. The molecule has 0 N–H and O–H groups in total. The van der Waals surface area contributed by atoms with E-state index in [0.29, 0.717) is 23.5 Å². The lowest BCUT2D eigenvalue weighted by Gasteiger charge is -2.04. The SMILES string of the molecule is CCCOc1cccc(/C=C2\N=C(c3ccc([N+](=O)[O-])c(C)c3)OC2=O)c1. The van der Waals surface area contributed by atoms with Gasteiger partial charge in [0.1, 0.15) is 5.75 Å². The van der Waals surface area contributed by atoms with E-state index in [9.17, 15) is 14.9 Å². The Hall–Kier alpha value is -3.48. The molecule has 2 aromatic rings. The molecule has 1 heterocycles. The van der Waals surface area contributed by atoms with E-state index in [1.165, 1.54) is 12.1 Å². The molecule has 0 spiro atoms. The van der Waals surface area contributed by atoms with Gasteiger partial charge in [0.25, 0.3) is 5.69 Å². The van der Waals surface area contributed by atoms with Crippen molar-refractivity contribution in [3.63, 3.8) is 0 Å². The Morgan fingerprint density at radius 2 is 2.07 bits per heavy atom. The van der Waals surface area contributed by atoms with Gasteiger partial charge in [-0.3, -0.25) is 10.1 Å². The number of aliphatic imine (C=N–C) groups is 1. The van der Waals surface area contributed by atoms with E-state index in [0.717, 1.165) is 12.0 Å². The van der Waals surface area contributed by atoms with Crippen LogP contribution in [0.2, 0.25) is 0 Å². The highest BCUT2D eigenvalue weighted by Crippen LogP contribution is 2.24. The second-order valence-electron chi connectivity index (χ2n) is 6.02. The lowest BCUT2D eigenvalue weighted by Crippen LogP contribution is -2.06. The van der Waals surface area contributed by atoms with Crippen molar-refractivity contribution < 1.29 is 19.2 Å². The molecule has 0 aliphatic carbocycles.